The lowest BCUT2D eigenvalue weighted by atomic mass is 10.2. The molecule has 1 aromatic carbocycles. The van der Waals surface area contributed by atoms with Crippen molar-refractivity contribution in [1.29, 1.82) is 0 Å². The van der Waals surface area contributed by atoms with Crippen molar-refractivity contribution in [3.05, 3.63) is 28.8 Å². The normalized spacial score (nSPS) is 15.6. The molecule has 0 atom stereocenters. The second-order valence-electron chi connectivity index (χ2n) is 4.31. The molecule has 0 aliphatic carbocycles. The van der Waals surface area contributed by atoms with Crippen LogP contribution in [-0.2, 0) is 9.53 Å². The van der Waals surface area contributed by atoms with Gasteiger partial charge in [0.1, 0.15) is 0 Å². The highest BCUT2D eigenvalue weighted by atomic mass is 35.5. The number of halogens is 1. The number of benzene rings is 1. The van der Waals surface area contributed by atoms with Crippen LogP contribution in [0.25, 0.3) is 0 Å². The summed E-state index contributed by atoms with van der Waals surface area (Å²) in [5, 5.41) is 3.80. The van der Waals surface area contributed by atoms with E-state index in [1.165, 1.54) is 0 Å². The zero-order chi connectivity index (χ0) is 13.0. The molecule has 5 heteroatoms. The maximum absolute atomic E-state index is 11.9. The minimum absolute atomic E-state index is 0.0951. The SMILES string of the molecule is Cc1ccc(Cl)cc1NCC(=O)N1CCOCC1. The maximum atomic E-state index is 11.9. The fourth-order valence-electron chi connectivity index (χ4n) is 1.88. The molecule has 1 aliphatic heterocycles. The molecule has 1 aliphatic rings. The van der Waals surface area contributed by atoms with Crippen LogP contribution < -0.4 is 5.32 Å². The fraction of sp³-hybridized carbons (Fsp3) is 0.462. The summed E-state index contributed by atoms with van der Waals surface area (Å²) in [7, 11) is 0. The molecule has 1 saturated heterocycles. The van der Waals surface area contributed by atoms with Crippen molar-refractivity contribution >= 4 is 23.2 Å². The van der Waals surface area contributed by atoms with Gasteiger partial charge in [-0.1, -0.05) is 17.7 Å². The molecule has 1 amide bonds. The van der Waals surface area contributed by atoms with Gasteiger partial charge in [0.15, 0.2) is 0 Å². The number of amides is 1. The van der Waals surface area contributed by atoms with Gasteiger partial charge in [-0.2, -0.15) is 0 Å². The molecule has 1 heterocycles. The Kier molecular flexibility index (Phi) is 4.44. The van der Waals surface area contributed by atoms with E-state index in [9.17, 15) is 4.79 Å². The molecular weight excluding hydrogens is 252 g/mol. The average molecular weight is 269 g/mol. The largest absolute Gasteiger partial charge is 0.378 e. The standard InChI is InChI=1S/C13H17ClN2O2/c1-10-2-3-11(14)8-12(10)15-9-13(17)16-4-6-18-7-5-16/h2-3,8,15H,4-7,9H2,1H3. The lowest BCUT2D eigenvalue weighted by molar-refractivity contribution is -0.133. The van der Waals surface area contributed by atoms with Crippen LogP contribution in [-0.4, -0.2) is 43.7 Å². The molecular formula is C13H17ClN2O2. The van der Waals surface area contributed by atoms with Crippen LogP contribution in [0.4, 0.5) is 5.69 Å². The number of carbonyl (C=O) groups is 1. The molecule has 0 unspecified atom stereocenters. The number of rotatable bonds is 3. The van der Waals surface area contributed by atoms with Gasteiger partial charge in [-0.05, 0) is 24.6 Å². The molecule has 98 valence electrons. The van der Waals surface area contributed by atoms with E-state index in [0.717, 1.165) is 11.3 Å². The first-order valence-corrected chi connectivity index (χ1v) is 6.40. The van der Waals surface area contributed by atoms with Crippen LogP contribution in [0, 0.1) is 6.92 Å². The van der Waals surface area contributed by atoms with E-state index in [0.29, 0.717) is 37.9 Å². The Balaban J connectivity index is 1.90. The number of ether oxygens (including phenoxy) is 1. The highest BCUT2D eigenvalue weighted by Gasteiger charge is 2.16. The summed E-state index contributed by atoms with van der Waals surface area (Å²) in [6.07, 6.45) is 0. The van der Waals surface area contributed by atoms with E-state index in [2.05, 4.69) is 5.32 Å². The molecule has 18 heavy (non-hydrogen) atoms. The molecule has 1 fully saturated rings. The third-order valence-electron chi connectivity index (χ3n) is 2.99. The number of nitrogens with zero attached hydrogens (tertiary/aromatic N) is 1. The van der Waals surface area contributed by atoms with Gasteiger partial charge in [-0.25, -0.2) is 0 Å². The minimum Gasteiger partial charge on any atom is -0.378 e. The minimum atomic E-state index is 0.0951. The number of hydrogen-bond acceptors (Lipinski definition) is 3. The van der Waals surface area contributed by atoms with Crippen molar-refractivity contribution < 1.29 is 9.53 Å². The Hall–Kier alpha value is -1.26. The number of aryl methyl sites for hydroxylation is 1. The van der Waals surface area contributed by atoms with E-state index < -0.39 is 0 Å². The zero-order valence-electron chi connectivity index (χ0n) is 10.4. The summed E-state index contributed by atoms with van der Waals surface area (Å²) >= 11 is 5.93. The third kappa shape index (κ3) is 3.37. The van der Waals surface area contributed by atoms with Gasteiger partial charge in [0.05, 0.1) is 19.8 Å². The Morgan fingerprint density at radius 1 is 1.44 bits per heavy atom. The van der Waals surface area contributed by atoms with Gasteiger partial charge in [0.25, 0.3) is 0 Å². The topological polar surface area (TPSA) is 41.6 Å². The molecule has 0 bridgehead atoms. The predicted molar refractivity (Wildman–Crippen MR) is 72.1 cm³/mol. The highest BCUT2D eigenvalue weighted by molar-refractivity contribution is 6.30. The van der Waals surface area contributed by atoms with Gasteiger partial charge in [0.2, 0.25) is 5.91 Å². The summed E-state index contributed by atoms with van der Waals surface area (Å²) in [5.41, 5.74) is 1.98. The molecule has 0 spiro atoms. The second-order valence-corrected chi connectivity index (χ2v) is 4.74. The lowest BCUT2D eigenvalue weighted by Crippen LogP contribution is -2.43. The van der Waals surface area contributed by atoms with Crippen molar-refractivity contribution in [2.24, 2.45) is 0 Å². The Labute approximate surface area is 112 Å². The van der Waals surface area contributed by atoms with Gasteiger partial charge >= 0.3 is 0 Å². The van der Waals surface area contributed by atoms with Gasteiger partial charge in [-0.3, -0.25) is 4.79 Å². The molecule has 4 nitrogen and oxygen atoms in total. The third-order valence-corrected chi connectivity index (χ3v) is 3.23. The molecule has 1 N–H and O–H groups in total. The van der Waals surface area contributed by atoms with Crippen molar-refractivity contribution in [2.45, 2.75) is 6.92 Å². The molecule has 0 saturated carbocycles. The predicted octanol–water partition coefficient (Wildman–Crippen LogP) is 1.92. The first-order valence-electron chi connectivity index (χ1n) is 6.02. The highest BCUT2D eigenvalue weighted by Crippen LogP contribution is 2.19. The van der Waals surface area contributed by atoms with Crippen LogP contribution in [0.1, 0.15) is 5.56 Å². The Morgan fingerprint density at radius 3 is 2.89 bits per heavy atom. The van der Waals surface area contributed by atoms with Crippen LogP contribution in [0.15, 0.2) is 18.2 Å². The van der Waals surface area contributed by atoms with E-state index in [-0.39, 0.29) is 5.91 Å². The lowest BCUT2D eigenvalue weighted by Gasteiger charge is -2.27. The van der Waals surface area contributed by atoms with Crippen LogP contribution in [0.2, 0.25) is 5.02 Å². The summed E-state index contributed by atoms with van der Waals surface area (Å²) < 4.78 is 5.22. The van der Waals surface area contributed by atoms with Crippen LogP contribution in [0.5, 0.6) is 0 Å². The van der Waals surface area contributed by atoms with Gasteiger partial charge < -0.3 is 15.0 Å². The van der Waals surface area contributed by atoms with Crippen molar-refractivity contribution in [3.63, 3.8) is 0 Å². The number of nitrogens with one attached hydrogen (secondary N) is 1. The van der Waals surface area contributed by atoms with E-state index in [1.54, 1.807) is 0 Å². The van der Waals surface area contributed by atoms with Crippen molar-refractivity contribution in [3.8, 4) is 0 Å². The number of morpholine rings is 1. The summed E-state index contributed by atoms with van der Waals surface area (Å²) in [5.74, 6) is 0.0951. The van der Waals surface area contributed by atoms with Gasteiger partial charge in [-0.15, -0.1) is 0 Å². The van der Waals surface area contributed by atoms with Crippen LogP contribution in [0.3, 0.4) is 0 Å². The summed E-state index contributed by atoms with van der Waals surface area (Å²) in [6, 6.07) is 5.61. The van der Waals surface area contributed by atoms with Crippen molar-refractivity contribution in [2.75, 3.05) is 38.2 Å². The smallest absolute Gasteiger partial charge is 0.242 e. The molecule has 0 aromatic heterocycles. The maximum Gasteiger partial charge on any atom is 0.242 e. The molecule has 2 rings (SSSR count). The monoisotopic (exact) mass is 268 g/mol. The fourth-order valence-corrected chi connectivity index (χ4v) is 2.05. The number of hydrogen-bond donors (Lipinski definition) is 1. The number of anilines is 1. The summed E-state index contributed by atoms with van der Waals surface area (Å²) in [6.45, 7) is 4.88. The van der Waals surface area contributed by atoms with Gasteiger partial charge in [0, 0.05) is 23.8 Å². The van der Waals surface area contributed by atoms with Crippen molar-refractivity contribution in [1.82, 2.24) is 4.90 Å². The van der Waals surface area contributed by atoms with E-state index in [4.69, 9.17) is 16.3 Å². The van der Waals surface area contributed by atoms with E-state index >= 15 is 0 Å². The zero-order valence-corrected chi connectivity index (χ0v) is 11.2. The number of carbonyl (C=O) groups excluding carboxylic acids is 1. The molecule has 0 radical (unpaired) electrons. The quantitative estimate of drug-likeness (QED) is 0.911. The van der Waals surface area contributed by atoms with Crippen LogP contribution >= 0.6 is 11.6 Å². The second kappa shape index (κ2) is 6.07. The Morgan fingerprint density at radius 2 is 2.17 bits per heavy atom. The van der Waals surface area contributed by atoms with E-state index in [1.807, 2.05) is 30.0 Å². The average Bonchev–Trinajstić information content (AvgIpc) is 2.40. The Bertz CT molecular complexity index is 431. The summed E-state index contributed by atoms with van der Waals surface area (Å²) in [4.78, 5) is 13.8. The first-order chi connectivity index (χ1) is 8.66. The first kappa shape index (κ1) is 13.2. The molecule has 1 aromatic rings.